The Morgan fingerprint density at radius 1 is 0.800 bits per heavy atom. The van der Waals surface area contributed by atoms with Gasteiger partial charge in [0.25, 0.3) is 0 Å². The third kappa shape index (κ3) is 88.8. The summed E-state index contributed by atoms with van der Waals surface area (Å²) in [5.41, 5.74) is 0. The van der Waals surface area contributed by atoms with E-state index in [2.05, 4.69) is 38.5 Å². The fourth-order valence-electron chi connectivity index (χ4n) is 0.340. The molecule has 1 aliphatic rings. The van der Waals surface area contributed by atoms with Gasteiger partial charge in [-0.25, -0.2) is 12.2 Å². The topological polar surface area (TPSA) is 0 Å². The van der Waals surface area contributed by atoms with E-state index in [9.17, 15) is 0 Å². The van der Waals surface area contributed by atoms with Crippen molar-refractivity contribution in [2.24, 2.45) is 0 Å². The van der Waals surface area contributed by atoms with Gasteiger partial charge in [0, 0.05) is 16.8 Å². The summed E-state index contributed by atoms with van der Waals surface area (Å²) in [6, 6.07) is 0. The molecule has 0 aromatic heterocycles. The summed E-state index contributed by atoms with van der Waals surface area (Å²) in [5.74, 6) is 0. The van der Waals surface area contributed by atoms with Crippen molar-refractivity contribution in [2.45, 2.75) is 6.42 Å². The van der Waals surface area contributed by atoms with E-state index in [-0.39, 0.29) is 53.9 Å². The maximum Gasteiger partial charge on any atom is 0 e. The molecule has 99 valence electrons. The first kappa shape index (κ1) is 62.7. The monoisotopic (exact) mass is 255 g/mol. The minimum atomic E-state index is 0. The van der Waals surface area contributed by atoms with Gasteiger partial charge in [-0.3, -0.25) is 6.08 Å². The molecule has 0 fully saturated rings. The van der Waals surface area contributed by atoms with Gasteiger partial charge in [-0.1, -0.05) is 0 Å². The maximum absolute atomic E-state index is 3.00. The number of rotatable bonds is 0. The SMILES string of the molecule is C=C.C=C.[C-]1=CC=CC1.[CH3-].[CH3-].[CH3-].[CH3-].[CH3-].[Co]. The van der Waals surface area contributed by atoms with Gasteiger partial charge in [-0.15, -0.1) is 32.7 Å². The van der Waals surface area contributed by atoms with Crippen molar-refractivity contribution in [1.29, 1.82) is 0 Å². The van der Waals surface area contributed by atoms with E-state index >= 15 is 0 Å². The molecule has 0 N–H and O–H groups in total. The Labute approximate surface area is 111 Å². The fourth-order valence-corrected chi connectivity index (χ4v) is 0.340. The minimum Gasteiger partial charge on any atom is -0.358 e. The zero-order chi connectivity index (χ0) is 7.54. The Kier molecular flexibility index (Phi) is 439. The van der Waals surface area contributed by atoms with Crippen LogP contribution in [-0.2, 0) is 16.8 Å². The molecule has 0 unspecified atom stereocenters. The van der Waals surface area contributed by atoms with Crippen molar-refractivity contribution < 1.29 is 16.8 Å². The zero-order valence-electron chi connectivity index (χ0n) is 11.1. The second kappa shape index (κ2) is 105. The van der Waals surface area contributed by atoms with Crippen molar-refractivity contribution >= 4 is 0 Å². The fraction of sp³-hybridized carbons (Fsp3) is 0.0714. The van der Waals surface area contributed by atoms with Crippen LogP contribution in [0.4, 0.5) is 0 Å². The second-order valence-corrected chi connectivity index (χ2v) is 1.00. The summed E-state index contributed by atoms with van der Waals surface area (Å²) >= 11 is 0. The third-order valence-electron chi connectivity index (χ3n) is 0.586. The Balaban J connectivity index is -0.00000000763. The van der Waals surface area contributed by atoms with E-state index in [1.54, 1.807) is 0 Å². The summed E-state index contributed by atoms with van der Waals surface area (Å²) in [6.45, 7) is 12.0. The van der Waals surface area contributed by atoms with Crippen molar-refractivity contribution in [3.63, 3.8) is 0 Å². The van der Waals surface area contributed by atoms with Gasteiger partial charge >= 0.3 is 0 Å². The van der Waals surface area contributed by atoms with E-state index in [4.69, 9.17) is 0 Å². The Morgan fingerprint density at radius 3 is 1.20 bits per heavy atom. The number of hydrogen-bond donors (Lipinski definition) is 0. The van der Waals surface area contributed by atoms with Gasteiger partial charge < -0.3 is 37.1 Å². The molecule has 0 amide bonds. The molecular weight excluding hydrogens is 227 g/mol. The molecule has 0 saturated heterocycles. The number of hydrogen-bond acceptors (Lipinski definition) is 0. The largest absolute Gasteiger partial charge is 0.358 e. The van der Waals surface area contributed by atoms with E-state index in [0.717, 1.165) is 6.42 Å². The summed E-state index contributed by atoms with van der Waals surface area (Å²) in [4.78, 5) is 0. The normalized spacial score (nSPS) is 6.40. The van der Waals surface area contributed by atoms with Crippen molar-refractivity contribution in [1.82, 2.24) is 0 Å². The van der Waals surface area contributed by atoms with Crippen molar-refractivity contribution in [3.05, 3.63) is 87.8 Å². The molecule has 0 saturated carbocycles. The predicted molar refractivity (Wildman–Crippen MR) is 76.1 cm³/mol. The molecule has 15 heavy (non-hydrogen) atoms. The first-order chi connectivity index (χ1) is 4.50. The van der Waals surface area contributed by atoms with Crippen LogP contribution >= 0.6 is 0 Å². The van der Waals surface area contributed by atoms with Crippen molar-refractivity contribution in [3.8, 4) is 0 Å². The molecule has 0 heterocycles. The Morgan fingerprint density at radius 2 is 1.13 bits per heavy atom. The van der Waals surface area contributed by atoms with Gasteiger partial charge in [-0.2, -0.15) is 6.08 Å². The average molecular weight is 255 g/mol. The molecule has 0 aliphatic heterocycles. The first-order valence-electron chi connectivity index (χ1n) is 2.72. The molecule has 1 rings (SSSR count). The van der Waals surface area contributed by atoms with Crippen LogP contribution < -0.4 is 0 Å². The smallest absolute Gasteiger partial charge is 0 e. The van der Waals surface area contributed by atoms with E-state index in [0.29, 0.717) is 0 Å². The first-order valence-corrected chi connectivity index (χ1v) is 2.72. The predicted octanol–water partition coefficient (Wildman–Crippen LogP) is 5.16. The molecular formula is C14H28Co-6. The van der Waals surface area contributed by atoms with Gasteiger partial charge in [0.2, 0.25) is 0 Å². The summed E-state index contributed by atoms with van der Waals surface area (Å²) in [7, 11) is 0. The molecule has 0 aromatic carbocycles. The summed E-state index contributed by atoms with van der Waals surface area (Å²) in [6.07, 6.45) is 10.0. The summed E-state index contributed by atoms with van der Waals surface area (Å²) in [5, 5.41) is 0. The third-order valence-corrected chi connectivity index (χ3v) is 0.586. The Bertz CT molecular complexity index is 81.5. The van der Waals surface area contributed by atoms with Gasteiger partial charge in [0.05, 0.1) is 0 Å². The van der Waals surface area contributed by atoms with Crippen LogP contribution in [-0.4, -0.2) is 0 Å². The van der Waals surface area contributed by atoms with Crippen molar-refractivity contribution in [2.75, 3.05) is 0 Å². The van der Waals surface area contributed by atoms with Crippen LogP contribution in [0.1, 0.15) is 6.42 Å². The summed E-state index contributed by atoms with van der Waals surface area (Å²) < 4.78 is 0. The van der Waals surface area contributed by atoms with Crippen LogP contribution in [0.5, 0.6) is 0 Å². The number of allylic oxidation sites excluding steroid dienone is 4. The van der Waals surface area contributed by atoms with Gasteiger partial charge in [0.15, 0.2) is 0 Å². The van der Waals surface area contributed by atoms with Crippen LogP contribution in [0.2, 0.25) is 0 Å². The molecule has 0 atom stereocenters. The standard InChI is InChI=1S/C5H5.2C2H4.5CH3.Co/c1-2-4-5-3-1;2*1-2;;;;;;/h1-3H,4H2;2*1-2H2;5*1H3;/q-1;;;5*-1;. The van der Waals surface area contributed by atoms with Crippen LogP contribution in [0.15, 0.2) is 44.5 Å². The van der Waals surface area contributed by atoms with Crippen LogP contribution in [0.3, 0.4) is 0 Å². The molecule has 0 spiro atoms. The van der Waals surface area contributed by atoms with Crippen LogP contribution in [0.25, 0.3) is 0 Å². The minimum absolute atomic E-state index is 0. The van der Waals surface area contributed by atoms with E-state index < -0.39 is 0 Å². The van der Waals surface area contributed by atoms with Gasteiger partial charge in [0.1, 0.15) is 0 Å². The Hall–Kier alpha value is -0.534. The quantitative estimate of drug-likeness (QED) is 0.414. The van der Waals surface area contributed by atoms with Gasteiger partial charge in [-0.05, 0) is 0 Å². The molecule has 0 aromatic rings. The zero-order valence-corrected chi connectivity index (χ0v) is 12.1. The molecule has 1 heteroatoms. The molecule has 1 radical (unpaired) electrons. The van der Waals surface area contributed by atoms with E-state index in [1.807, 2.05) is 12.2 Å². The van der Waals surface area contributed by atoms with Crippen LogP contribution in [0, 0.1) is 43.2 Å². The van der Waals surface area contributed by atoms with E-state index in [1.165, 1.54) is 0 Å². The second-order valence-electron chi connectivity index (χ2n) is 1.00. The average Bonchev–Trinajstić information content (AvgIpc) is 2.51. The molecule has 0 bridgehead atoms. The molecule has 1 aliphatic carbocycles. The maximum atomic E-state index is 3.00. The molecule has 0 nitrogen and oxygen atoms in total.